The van der Waals surface area contributed by atoms with E-state index in [4.69, 9.17) is 11.6 Å². The van der Waals surface area contributed by atoms with Crippen LogP contribution < -0.4 is 5.32 Å². The average Bonchev–Trinajstić information content (AvgIpc) is 3.06. The van der Waals surface area contributed by atoms with Gasteiger partial charge in [0, 0.05) is 34.9 Å². The Morgan fingerprint density at radius 2 is 2.27 bits per heavy atom. The predicted octanol–water partition coefficient (Wildman–Crippen LogP) is 2.44. The molecule has 22 heavy (non-hydrogen) atoms. The minimum atomic E-state index is -0.830. The third kappa shape index (κ3) is 3.30. The first-order chi connectivity index (χ1) is 10.6. The van der Waals surface area contributed by atoms with E-state index in [1.165, 1.54) is 11.3 Å². The molecule has 1 aromatic carbocycles. The fourth-order valence-electron chi connectivity index (χ4n) is 2.15. The molecule has 5 nitrogen and oxygen atoms in total. The molecule has 3 rings (SSSR count). The van der Waals surface area contributed by atoms with Gasteiger partial charge in [0.25, 0.3) is 0 Å². The van der Waals surface area contributed by atoms with Crippen LogP contribution in [-0.4, -0.2) is 26.9 Å². The number of benzene rings is 1. The topological polar surface area (TPSA) is 66.6 Å². The number of halogens is 1. The lowest BCUT2D eigenvalue weighted by atomic mass is 10.1. The van der Waals surface area contributed by atoms with E-state index in [0.717, 1.165) is 4.96 Å². The maximum atomic E-state index is 11.9. The van der Waals surface area contributed by atoms with Gasteiger partial charge in [0.05, 0.1) is 18.2 Å². The number of hydrogen-bond acceptors (Lipinski definition) is 4. The van der Waals surface area contributed by atoms with Gasteiger partial charge in [-0.1, -0.05) is 29.8 Å². The van der Waals surface area contributed by atoms with Gasteiger partial charge in [-0.05, 0) is 6.07 Å². The van der Waals surface area contributed by atoms with Gasteiger partial charge in [0.1, 0.15) is 0 Å². The lowest BCUT2D eigenvalue weighted by Crippen LogP contribution is -2.29. The quantitative estimate of drug-likeness (QED) is 0.752. The predicted molar refractivity (Wildman–Crippen MR) is 86.2 cm³/mol. The van der Waals surface area contributed by atoms with Crippen molar-refractivity contribution >= 4 is 33.8 Å². The summed E-state index contributed by atoms with van der Waals surface area (Å²) in [5.41, 5.74) is 1.31. The number of nitrogens with one attached hydrogen (secondary N) is 1. The van der Waals surface area contributed by atoms with E-state index in [1.54, 1.807) is 24.3 Å². The van der Waals surface area contributed by atoms with E-state index in [1.807, 2.05) is 22.2 Å². The number of imidazole rings is 1. The molecule has 0 spiro atoms. The molecule has 0 aliphatic carbocycles. The summed E-state index contributed by atoms with van der Waals surface area (Å²) in [5, 5.41) is 15.2. The summed E-state index contributed by atoms with van der Waals surface area (Å²) >= 11 is 7.53. The zero-order valence-electron chi connectivity index (χ0n) is 11.6. The molecular weight excluding hydrogens is 322 g/mol. The Kier molecular flexibility index (Phi) is 4.42. The maximum absolute atomic E-state index is 11.9. The summed E-state index contributed by atoms with van der Waals surface area (Å²) < 4.78 is 1.88. The van der Waals surface area contributed by atoms with Crippen molar-refractivity contribution in [3.8, 4) is 0 Å². The smallest absolute Gasteiger partial charge is 0.226 e. The second-order valence-corrected chi connectivity index (χ2v) is 6.12. The minimum Gasteiger partial charge on any atom is -0.387 e. The van der Waals surface area contributed by atoms with Crippen LogP contribution in [0, 0.1) is 0 Å². The van der Waals surface area contributed by atoms with E-state index in [0.29, 0.717) is 16.3 Å². The zero-order valence-corrected chi connectivity index (χ0v) is 13.1. The number of aliphatic hydroxyl groups excluding tert-OH is 1. The highest BCUT2D eigenvalue weighted by Crippen LogP contribution is 2.21. The number of rotatable bonds is 5. The van der Waals surface area contributed by atoms with Crippen LogP contribution in [0.5, 0.6) is 0 Å². The summed E-state index contributed by atoms with van der Waals surface area (Å²) in [6, 6.07) is 7.04. The van der Waals surface area contributed by atoms with E-state index in [9.17, 15) is 9.90 Å². The molecule has 2 heterocycles. The SMILES string of the molecule is O=C(Cc1cn2ccsc2n1)NCC(O)c1ccccc1Cl. The Labute approximate surface area is 136 Å². The van der Waals surface area contributed by atoms with Crippen LogP contribution in [0.1, 0.15) is 17.4 Å². The Balaban J connectivity index is 1.56. The molecule has 7 heteroatoms. The Morgan fingerprint density at radius 3 is 3.05 bits per heavy atom. The Bertz CT molecular complexity index is 770. The van der Waals surface area contributed by atoms with Crippen molar-refractivity contribution in [2.24, 2.45) is 0 Å². The normalized spacial score (nSPS) is 12.5. The first kappa shape index (κ1) is 15.0. The van der Waals surface area contributed by atoms with Gasteiger partial charge in [0.2, 0.25) is 5.91 Å². The number of carbonyl (C=O) groups excluding carboxylic acids is 1. The number of fused-ring (bicyclic) bond motifs is 1. The highest BCUT2D eigenvalue weighted by molar-refractivity contribution is 7.15. The van der Waals surface area contributed by atoms with Crippen molar-refractivity contribution in [3.63, 3.8) is 0 Å². The fraction of sp³-hybridized carbons (Fsp3) is 0.200. The molecule has 1 unspecified atom stereocenters. The molecule has 0 aliphatic rings. The molecular formula is C15H14ClN3O2S. The molecule has 1 atom stereocenters. The van der Waals surface area contributed by atoms with Crippen molar-refractivity contribution in [1.82, 2.24) is 14.7 Å². The Hall–Kier alpha value is -1.89. The summed E-state index contributed by atoms with van der Waals surface area (Å²) in [7, 11) is 0. The first-order valence-corrected chi connectivity index (χ1v) is 7.99. The van der Waals surface area contributed by atoms with Crippen LogP contribution >= 0.6 is 22.9 Å². The summed E-state index contributed by atoms with van der Waals surface area (Å²) in [4.78, 5) is 17.1. The standard InChI is InChI=1S/C15H14ClN3O2S/c16-12-4-2-1-3-11(12)13(20)8-17-14(21)7-10-9-19-5-6-22-15(19)18-10/h1-6,9,13,20H,7-8H2,(H,17,21). The number of aliphatic hydroxyl groups is 1. The molecule has 114 valence electrons. The zero-order chi connectivity index (χ0) is 15.5. The monoisotopic (exact) mass is 335 g/mol. The summed E-state index contributed by atoms with van der Waals surface area (Å²) in [6.45, 7) is 0.116. The molecule has 1 amide bonds. The third-order valence-electron chi connectivity index (χ3n) is 3.24. The number of thiazole rings is 1. The van der Waals surface area contributed by atoms with Gasteiger partial charge >= 0.3 is 0 Å². The second kappa shape index (κ2) is 6.48. The van der Waals surface area contributed by atoms with E-state index in [-0.39, 0.29) is 18.9 Å². The van der Waals surface area contributed by atoms with Gasteiger partial charge in [0.15, 0.2) is 4.96 Å². The lowest BCUT2D eigenvalue weighted by Gasteiger charge is -2.13. The molecule has 3 aromatic rings. The molecule has 0 saturated carbocycles. The van der Waals surface area contributed by atoms with Gasteiger partial charge in [-0.15, -0.1) is 11.3 Å². The van der Waals surface area contributed by atoms with Crippen molar-refractivity contribution in [3.05, 3.63) is 58.3 Å². The van der Waals surface area contributed by atoms with Gasteiger partial charge in [-0.3, -0.25) is 9.20 Å². The number of hydrogen-bond donors (Lipinski definition) is 2. The molecule has 2 N–H and O–H groups in total. The van der Waals surface area contributed by atoms with Crippen molar-refractivity contribution in [2.75, 3.05) is 6.54 Å². The van der Waals surface area contributed by atoms with Crippen LogP contribution in [0.25, 0.3) is 4.96 Å². The van der Waals surface area contributed by atoms with Crippen molar-refractivity contribution in [1.29, 1.82) is 0 Å². The first-order valence-electron chi connectivity index (χ1n) is 6.74. The van der Waals surface area contributed by atoms with Crippen molar-refractivity contribution < 1.29 is 9.90 Å². The van der Waals surface area contributed by atoms with Gasteiger partial charge < -0.3 is 10.4 Å². The van der Waals surface area contributed by atoms with E-state index in [2.05, 4.69) is 10.3 Å². The van der Waals surface area contributed by atoms with Crippen molar-refractivity contribution in [2.45, 2.75) is 12.5 Å². The largest absolute Gasteiger partial charge is 0.387 e. The number of carbonyl (C=O) groups is 1. The highest BCUT2D eigenvalue weighted by Gasteiger charge is 2.13. The Morgan fingerprint density at radius 1 is 1.45 bits per heavy atom. The lowest BCUT2D eigenvalue weighted by molar-refractivity contribution is -0.120. The minimum absolute atomic E-state index is 0.116. The summed E-state index contributed by atoms with van der Waals surface area (Å²) in [5.74, 6) is -0.183. The van der Waals surface area contributed by atoms with Crippen LogP contribution in [0.4, 0.5) is 0 Å². The van der Waals surface area contributed by atoms with Crippen LogP contribution in [0.2, 0.25) is 5.02 Å². The van der Waals surface area contributed by atoms with E-state index >= 15 is 0 Å². The van der Waals surface area contributed by atoms with Crippen LogP contribution in [-0.2, 0) is 11.2 Å². The number of aromatic nitrogens is 2. The third-order valence-corrected chi connectivity index (χ3v) is 4.36. The molecule has 0 radical (unpaired) electrons. The summed E-state index contributed by atoms with van der Waals surface area (Å²) in [6.07, 6.45) is 3.08. The molecule has 2 aromatic heterocycles. The fourth-order valence-corrected chi connectivity index (χ4v) is 3.13. The average molecular weight is 336 g/mol. The van der Waals surface area contributed by atoms with Gasteiger partial charge in [-0.25, -0.2) is 4.98 Å². The van der Waals surface area contributed by atoms with Gasteiger partial charge in [-0.2, -0.15) is 0 Å². The molecule has 0 bridgehead atoms. The molecule has 0 saturated heterocycles. The second-order valence-electron chi connectivity index (χ2n) is 4.84. The molecule has 0 fully saturated rings. The maximum Gasteiger partial charge on any atom is 0.226 e. The number of nitrogens with zero attached hydrogens (tertiary/aromatic N) is 2. The van der Waals surface area contributed by atoms with Crippen LogP contribution in [0.3, 0.4) is 0 Å². The van der Waals surface area contributed by atoms with E-state index < -0.39 is 6.10 Å². The van der Waals surface area contributed by atoms with Crippen LogP contribution in [0.15, 0.2) is 42.0 Å². The number of amides is 1. The highest BCUT2D eigenvalue weighted by atomic mass is 35.5. The molecule has 0 aliphatic heterocycles.